The lowest BCUT2D eigenvalue weighted by molar-refractivity contribution is -0.146. The van der Waals surface area contributed by atoms with Crippen LogP contribution in [0.25, 0.3) is 34.0 Å². The molecule has 0 bridgehead atoms. The number of hydrogen-bond acceptors (Lipinski definition) is 5. The first-order valence-electron chi connectivity index (χ1n) is 9.62. The number of fused-ring (bicyclic) bond motifs is 2. The zero-order chi connectivity index (χ0) is 21.8. The van der Waals surface area contributed by atoms with Crippen LogP contribution in [0.15, 0.2) is 59.5 Å². The van der Waals surface area contributed by atoms with Gasteiger partial charge in [-0.2, -0.15) is 4.98 Å². The molecule has 0 amide bonds. The number of aliphatic carboxylic acids is 1. The summed E-state index contributed by atoms with van der Waals surface area (Å²) < 4.78 is 22.5. The number of oxazole rings is 1. The number of carboxylic acids is 1. The molecule has 1 aromatic carbocycles. The van der Waals surface area contributed by atoms with Crippen molar-refractivity contribution < 1.29 is 18.7 Å². The third-order valence-corrected chi connectivity index (χ3v) is 5.31. The van der Waals surface area contributed by atoms with Crippen LogP contribution in [0.4, 0.5) is 4.39 Å². The van der Waals surface area contributed by atoms with Crippen LogP contribution in [0, 0.1) is 11.2 Å². The summed E-state index contributed by atoms with van der Waals surface area (Å²) in [4.78, 5) is 16.2. The molecule has 156 valence electrons. The van der Waals surface area contributed by atoms with Crippen molar-refractivity contribution in [3.8, 4) is 22.5 Å². The van der Waals surface area contributed by atoms with Crippen molar-refractivity contribution >= 4 is 17.5 Å². The second-order valence-electron chi connectivity index (χ2n) is 8.00. The Hall–Kier alpha value is -4.01. The molecule has 0 unspecified atom stereocenters. The number of aromatic nitrogens is 5. The van der Waals surface area contributed by atoms with E-state index < -0.39 is 11.4 Å². The third kappa shape index (κ3) is 3.14. The third-order valence-electron chi connectivity index (χ3n) is 5.31. The number of carboxylic acid groups (broad SMARTS) is 1. The number of carbonyl (C=O) groups is 1. The molecule has 0 saturated heterocycles. The van der Waals surface area contributed by atoms with E-state index in [9.17, 15) is 14.3 Å². The first-order chi connectivity index (χ1) is 14.8. The number of hydrogen-bond donors (Lipinski definition) is 1. The van der Waals surface area contributed by atoms with E-state index in [1.54, 1.807) is 42.8 Å². The summed E-state index contributed by atoms with van der Waals surface area (Å²) in [5.74, 6) is -0.286. The highest BCUT2D eigenvalue weighted by Crippen LogP contribution is 2.33. The maximum absolute atomic E-state index is 13.4. The van der Waals surface area contributed by atoms with Crippen molar-refractivity contribution in [1.29, 1.82) is 0 Å². The minimum atomic E-state index is -0.993. The lowest BCUT2D eigenvalue weighted by atomic mass is 9.89. The van der Waals surface area contributed by atoms with E-state index >= 15 is 0 Å². The quantitative estimate of drug-likeness (QED) is 0.461. The first kappa shape index (κ1) is 19.0. The Morgan fingerprint density at radius 1 is 1.10 bits per heavy atom. The molecule has 5 aromatic rings. The lowest BCUT2D eigenvalue weighted by Crippen LogP contribution is -2.27. The highest BCUT2D eigenvalue weighted by Gasteiger charge is 2.30. The second kappa shape index (κ2) is 6.76. The Labute approximate surface area is 175 Å². The average Bonchev–Trinajstić information content (AvgIpc) is 3.43. The van der Waals surface area contributed by atoms with Gasteiger partial charge in [-0.05, 0) is 50.2 Å². The van der Waals surface area contributed by atoms with Crippen molar-refractivity contribution in [3.63, 3.8) is 0 Å². The zero-order valence-corrected chi connectivity index (χ0v) is 16.8. The summed E-state index contributed by atoms with van der Waals surface area (Å²) in [6.45, 7) is 3.30. The summed E-state index contributed by atoms with van der Waals surface area (Å²) in [6, 6.07) is 9.80. The molecule has 9 heteroatoms. The van der Waals surface area contributed by atoms with Crippen molar-refractivity contribution in [1.82, 2.24) is 24.0 Å². The lowest BCUT2D eigenvalue weighted by Gasteiger charge is -2.17. The van der Waals surface area contributed by atoms with E-state index in [0.29, 0.717) is 23.0 Å². The Balaban J connectivity index is 1.68. The number of halogens is 1. The van der Waals surface area contributed by atoms with Gasteiger partial charge in [-0.15, -0.1) is 10.2 Å². The highest BCUT2D eigenvalue weighted by atomic mass is 19.1. The fourth-order valence-corrected chi connectivity index (χ4v) is 3.54. The summed E-state index contributed by atoms with van der Waals surface area (Å²) in [5.41, 5.74) is 2.55. The number of pyridine rings is 1. The minimum Gasteiger partial charge on any atom is -0.481 e. The minimum absolute atomic E-state index is 0.214. The Kier molecular flexibility index (Phi) is 4.14. The van der Waals surface area contributed by atoms with E-state index in [4.69, 9.17) is 4.42 Å². The van der Waals surface area contributed by atoms with E-state index in [1.165, 1.54) is 12.1 Å². The van der Waals surface area contributed by atoms with E-state index in [-0.39, 0.29) is 12.2 Å². The van der Waals surface area contributed by atoms with Crippen LogP contribution in [-0.2, 0) is 11.2 Å². The molecule has 4 heterocycles. The summed E-state index contributed by atoms with van der Waals surface area (Å²) in [7, 11) is 0. The predicted octanol–water partition coefficient (Wildman–Crippen LogP) is 4.10. The van der Waals surface area contributed by atoms with Gasteiger partial charge in [-0.3, -0.25) is 13.6 Å². The van der Waals surface area contributed by atoms with Gasteiger partial charge in [0, 0.05) is 29.9 Å². The Morgan fingerprint density at radius 3 is 2.58 bits per heavy atom. The average molecular weight is 419 g/mol. The smallest absolute Gasteiger partial charge is 0.309 e. The van der Waals surface area contributed by atoms with Gasteiger partial charge in [0.2, 0.25) is 0 Å². The molecule has 0 aliphatic rings. The van der Waals surface area contributed by atoms with E-state index in [2.05, 4.69) is 15.2 Å². The Bertz CT molecular complexity index is 1430. The molecule has 0 aliphatic carbocycles. The molecule has 0 saturated carbocycles. The maximum Gasteiger partial charge on any atom is 0.309 e. The summed E-state index contributed by atoms with van der Waals surface area (Å²) >= 11 is 0. The van der Waals surface area contributed by atoms with Crippen molar-refractivity contribution in [2.45, 2.75) is 20.3 Å². The number of nitrogens with zero attached hydrogens (tertiary/aromatic N) is 5. The van der Waals surface area contributed by atoms with Crippen molar-refractivity contribution in [2.24, 2.45) is 5.41 Å². The maximum atomic E-state index is 13.4. The molecule has 0 spiro atoms. The van der Waals surface area contributed by atoms with E-state index in [1.807, 2.05) is 22.7 Å². The molecule has 4 aromatic heterocycles. The van der Waals surface area contributed by atoms with Gasteiger partial charge < -0.3 is 9.52 Å². The first-order valence-corrected chi connectivity index (χ1v) is 9.62. The van der Waals surface area contributed by atoms with Gasteiger partial charge in [0.25, 0.3) is 0 Å². The van der Waals surface area contributed by atoms with Gasteiger partial charge in [-0.25, -0.2) is 4.39 Å². The van der Waals surface area contributed by atoms with Crippen LogP contribution in [0.5, 0.6) is 0 Å². The molecule has 31 heavy (non-hydrogen) atoms. The largest absolute Gasteiger partial charge is 0.481 e. The predicted molar refractivity (Wildman–Crippen MR) is 110 cm³/mol. The molecule has 0 fully saturated rings. The van der Waals surface area contributed by atoms with Crippen LogP contribution in [-0.4, -0.2) is 35.1 Å². The number of benzene rings is 1. The molecule has 0 radical (unpaired) electrons. The zero-order valence-electron chi connectivity index (χ0n) is 16.8. The van der Waals surface area contributed by atoms with Gasteiger partial charge in [0.1, 0.15) is 23.6 Å². The van der Waals surface area contributed by atoms with Crippen LogP contribution < -0.4 is 0 Å². The van der Waals surface area contributed by atoms with Gasteiger partial charge in [0.15, 0.2) is 5.65 Å². The molecular weight excluding hydrogens is 401 g/mol. The number of imidazole rings is 1. The van der Waals surface area contributed by atoms with Crippen molar-refractivity contribution in [3.05, 3.63) is 66.7 Å². The van der Waals surface area contributed by atoms with Crippen LogP contribution in [0.3, 0.4) is 0 Å². The van der Waals surface area contributed by atoms with Gasteiger partial charge >= 0.3 is 11.8 Å². The Morgan fingerprint density at radius 2 is 1.84 bits per heavy atom. The van der Waals surface area contributed by atoms with Gasteiger partial charge in [0.05, 0.1) is 11.1 Å². The summed E-state index contributed by atoms with van der Waals surface area (Å²) in [5, 5.41) is 17.8. The van der Waals surface area contributed by atoms with Crippen LogP contribution in [0.1, 0.15) is 19.7 Å². The van der Waals surface area contributed by atoms with Crippen molar-refractivity contribution in [2.75, 3.05) is 0 Å². The molecule has 5 rings (SSSR count). The monoisotopic (exact) mass is 419 g/mol. The fraction of sp³-hybridized carbons (Fsp3) is 0.182. The molecular formula is C22H18FN5O3. The fourth-order valence-electron chi connectivity index (χ4n) is 3.54. The summed E-state index contributed by atoms with van der Waals surface area (Å²) in [6.07, 6.45) is 5.37. The SMILES string of the molecule is CC(C)(Cc1nnc2ccc(-c3c(-c4ccc(F)cc4)nc4occn34)cn12)C(=O)O. The van der Waals surface area contributed by atoms with E-state index in [0.717, 1.165) is 16.8 Å². The van der Waals surface area contributed by atoms with Crippen LogP contribution in [0.2, 0.25) is 0 Å². The molecule has 1 N–H and O–H groups in total. The molecule has 0 aliphatic heterocycles. The molecule has 0 atom stereocenters. The normalized spacial score (nSPS) is 12.1. The standard InChI is InChI=1S/C22H18FN5O3/c1-22(2,20(29)30)11-17-26-25-16-8-5-14(12-28(16)17)19-18(13-3-6-15(23)7-4-13)24-21-27(19)9-10-31-21/h3-10,12H,11H2,1-2H3,(H,29,30). The molecule has 8 nitrogen and oxygen atoms in total. The second-order valence-corrected chi connectivity index (χ2v) is 8.00. The topological polar surface area (TPSA) is 97.9 Å². The number of rotatable bonds is 5. The van der Waals surface area contributed by atoms with Crippen LogP contribution >= 0.6 is 0 Å². The highest BCUT2D eigenvalue weighted by molar-refractivity contribution is 5.81. The van der Waals surface area contributed by atoms with Gasteiger partial charge in [-0.1, -0.05) is 0 Å².